The maximum absolute atomic E-state index is 12.2. The summed E-state index contributed by atoms with van der Waals surface area (Å²) in [6, 6.07) is 3.89. The normalized spacial score (nSPS) is 11.8. The lowest BCUT2D eigenvalue weighted by atomic mass is 10.1. The van der Waals surface area contributed by atoms with Crippen LogP contribution >= 0.6 is 23.4 Å². The summed E-state index contributed by atoms with van der Waals surface area (Å²) in [5.74, 6) is 0.440. The van der Waals surface area contributed by atoms with Gasteiger partial charge in [-0.05, 0) is 43.0 Å². The van der Waals surface area contributed by atoms with Gasteiger partial charge in [-0.3, -0.25) is 4.79 Å². The summed E-state index contributed by atoms with van der Waals surface area (Å²) < 4.78 is 0. The smallest absolute Gasteiger partial charge is 0.312 e. The first-order valence-electron chi connectivity index (χ1n) is 6.06. The fourth-order valence-corrected chi connectivity index (χ4v) is 2.28. The molecule has 1 atom stereocenters. The van der Waals surface area contributed by atoms with Gasteiger partial charge < -0.3 is 16.4 Å². The van der Waals surface area contributed by atoms with E-state index in [1.54, 1.807) is 30.0 Å². The molecular formula is C13H18ClN3O2S. The molecule has 0 saturated heterocycles. The molecule has 1 aromatic rings. The molecule has 3 amide bonds. The van der Waals surface area contributed by atoms with E-state index in [1.807, 2.05) is 13.2 Å². The highest BCUT2D eigenvalue weighted by atomic mass is 35.5. The van der Waals surface area contributed by atoms with Crippen molar-refractivity contribution in [1.82, 2.24) is 5.32 Å². The summed E-state index contributed by atoms with van der Waals surface area (Å²) in [5.41, 5.74) is 6.50. The van der Waals surface area contributed by atoms with Gasteiger partial charge in [0, 0.05) is 10.7 Å². The van der Waals surface area contributed by atoms with Crippen molar-refractivity contribution in [2.45, 2.75) is 19.4 Å². The fraction of sp³-hybridized carbons (Fsp3) is 0.385. The Labute approximate surface area is 127 Å². The number of halogens is 1. The van der Waals surface area contributed by atoms with Gasteiger partial charge in [-0.2, -0.15) is 11.8 Å². The van der Waals surface area contributed by atoms with Crippen LogP contribution in [0.3, 0.4) is 0 Å². The summed E-state index contributed by atoms with van der Waals surface area (Å²) in [7, 11) is 0. The molecule has 20 heavy (non-hydrogen) atoms. The molecule has 7 heteroatoms. The molecule has 0 aliphatic carbocycles. The number of benzene rings is 1. The van der Waals surface area contributed by atoms with Gasteiger partial charge in [0.25, 0.3) is 0 Å². The van der Waals surface area contributed by atoms with Crippen LogP contribution in [0.2, 0.25) is 5.02 Å². The molecule has 0 radical (unpaired) electrons. The van der Waals surface area contributed by atoms with Crippen molar-refractivity contribution in [3.63, 3.8) is 0 Å². The average Bonchev–Trinajstić information content (AvgIpc) is 2.39. The third-order valence-corrected chi connectivity index (χ3v) is 3.82. The number of amides is 3. The van der Waals surface area contributed by atoms with Crippen molar-refractivity contribution < 1.29 is 9.59 Å². The first-order valence-corrected chi connectivity index (χ1v) is 7.83. The lowest BCUT2D eigenvalue weighted by Gasteiger charge is -2.18. The van der Waals surface area contributed by atoms with Gasteiger partial charge >= 0.3 is 6.03 Å². The van der Waals surface area contributed by atoms with Crippen molar-refractivity contribution in [2.75, 3.05) is 17.3 Å². The van der Waals surface area contributed by atoms with Crippen LogP contribution in [0.5, 0.6) is 0 Å². The zero-order valence-electron chi connectivity index (χ0n) is 11.4. The van der Waals surface area contributed by atoms with Crippen LogP contribution in [0.15, 0.2) is 18.2 Å². The number of hydrogen-bond acceptors (Lipinski definition) is 3. The Bertz CT molecular complexity index is 497. The molecule has 0 aliphatic rings. The van der Waals surface area contributed by atoms with Crippen LogP contribution in [0.4, 0.5) is 10.5 Å². The molecule has 4 N–H and O–H groups in total. The molecule has 0 aliphatic heterocycles. The molecule has 0 aromatic heterocycles. The molecule has 5 nitrogen and oxygen atoms in total. The monoisotopic (exact) mass is 315 g/mol. The first-order chi connectivity index (χ1) is 9.45. The van der Waals surface area contributed by atoms with E-state index in [0.717, 1.165) is 11.3 Å². The molecule has 0 saturated carbocycles. The maximum atomic E-state index is 12.2. The Balaban J connectivity index is 2.79. The Morgan fingerprint density at radius 1 is 1.45 bits per heavy atom. The van der Waals surface area contributed by atoms with Gasteiger partial charge in [0.05, 0.1) is 0 Å². The lowest BCUT2D eigenvalue weighted by Crippen LogP contribution is -2.46. The second-order valence-electron chi connectivity index (χ2n) is 4.24. The predicted octanol–water partition coefficient (Wildman–Crippen LogP) is 2.38. The van der Waals surface area contributed by atoms with Gasteiger partial charge in [-0.25, -0.2) is 4.79 Å². The van der Waals surface area contributed by atoms with Crippen LogP contribution < -0.4 is 16.4 Å². The van der Waals surface area contributed by atoms with E-state index in [-0.39, 0.29) is 5.91 Å². The predicted molar refractivity (Wildman–Crippen MR) is 84.3 cm³/mol. The molecule has 0 spiro atoms. The number of hydrogen-bond donors (Lipinski definition) is 3. The van der Waals surface area contributed by atoms with Gasteiger partial charge in [0.15, 0.2) is 0 Å². The number of anilines is 1. The summed E-state index contributed by atoms with van der Waals surface area (Å²) >= 11 is 7.59. The SMILES string of the molecule is CSCC[C@@H](NC(N)=O)C(=O)Nc1cccc(Cl)c1C. The largest absolute Gasteiger partial charge is 0.352 e. The van der Waals surface area contributed by atoms with E-state index in [2.05, 4.69) is 10.6 Å². The highest BCUT2D eigenvalue weighted by molar-refractivity contribution is 7.98. The Kier molecular flexibility index (Phi) is 6.67. The number of nitrogens with one attached hydrogen (secondary N) is 2. The van der Waals surface area contributed by atoms with Crippen LogP contribution in [0.1, 0.15) is 12.0 Å². The number of carbonyl (C=O) groups excluding carboxylic acids is 2. The van der Waals surface area contributed by atoms with Gasteiger partial charge in [0.1, 0.15) is 6.04 Å². The highest BCUT2D eigenvalue weighted by Gasteiger charge is 2.20. The molecule has 1 aromatic carbocycles. The Morgan fingerprint density at radius 3 is 2.75 bits per heavy atom. The Hall–Kier alpha value is -1.40. The van der Waals surface area contributed by atoms with Crippen molar-refractivity contribution >= 4 is 41.0 Å². The lowest BCUT2D eigenvalue weighted by molar-refractivity contribution is -0.117. The molecular weight excluding hydrogens is 298 g/mol. The molecule has 0 bridgehead atoms. The summed E-state index contributed by atoms with van der Waals surface area (Å²) in [5, 5.41) is 5.79. The third-order valence-electron chi connectivity index (χ3n) is 2.77. The average molecular weight is 316 g/mol. The zero-order chi connectivity index (χ0) is 15.1. The van der Waals surface area contributed by atoms with Crippen molar-refractivity contribution in [2.24, 2.45) is 5.73 Å². The van der Waals surface area contributed by atoms with Crippen molar-refractivity contribution in [1.29, 1.82) is 0 Å². The second kappa shape index (κ2) is 8.01. The number of carbonyl (C=O) groups is 2. The molecule has 0 heterocycles. The Morgan fingerprint density at radius 2 is 2.15 bits per heavy atom. The quantitative estimate of drug-likeness (QED) is 0.753. The summed E-state index contributed by atoms with van der Waals surface area (Å²) in [6.07, 6.45) is 2.44. The second-order valence-corrected chi connectivity index (χ2v) is 5.64. The van der Waals surface area contributed by atoms with Gasteiger partial charge in [0.2, 0.25) is 5.91 Å². The standard InChI is InChI=1S/C13H18ClN3O2S/c1-8-9(14)4-3-5-10(8)16-12(18)11(6-7-20-2)17-13(15)19/h3-5,11H,6-7H2,1-2H3,(H,16,18)(H3,15,17,19)/t11-/m1/s1. The van der Waals surface area contributed by atoms with E-state index in [0.29, 0.717) is 17.1 Å². The van der Waals surface area contributed by atoms with E-state index >= 15 is 0 Å². The molecule has 0 unspecified atom stereocenters. The van der Waals surface area contributed by atoms with Crippen LogP contribution in [0, 0.1) is 6.92 Å². The number of nitrogens with two attached hydrogens (primary N) is 1. The fourth-order valence-electron chi connectivity index (χ4n) is 1.64. The van der Waals surface area contributed by atoms with E-state index in [9.17, 15) is 9.59 Å². The minimum absolute atomic E-state index is 0.303. The highest BCUT2D eigenvalue weighted by Crippen LogP contribution is 2.23. The number of urea groups is 1. The zero-order valence-corrected chi connectivity index (χ0v) is 13.0. The number of thioether (sulfide) groups is 1. The van der Waals surface area contributed by atoms with E-state index in [1.165, 1.54) is 0 Å². The molecule has 110 valence electrons. The minimum Gasteiger partial charge on any atom is -0.352 e. The van der Waals surface area contributed by atoms with Crippen molar-refractivity contribution in [3.8, 4) is 0 Å². The van der Waals surface area contributed by atoms with Crippen LogP contribution in [-0.2, 0) is 4.79 Å². The van der Waals surface area contributed by atoms with E-state index < -0.39 is 12.1 Å². The molecule has 0 fully saturated rings. The topological polar surface area (TPSA) is 84.2 Å². The first kappa shape index (κ1) is 16.7. The third kappa shape index (κ3) is 4.94. The number of primary amides is 1. The molecule has 1 rings (SSSR count). The maximum Gasteiger partial charge on any atom is 0.312 e. The van der Waals surface area contributed by atoms with Gasteiger partial charge in [-0.1, -0.05) is 17.7 Å². The van der Waals surface area contributed by atoms with Gasteiger partial charge in [-0.15, -0.1) is 0 Å². The minimum atomic E-state index is -0.714. The summed E-state index contributed by atoms with van der Waals surface area (Å²) in [6.45, 7) is 1.82. The van der Waals surface area contributed by atoms with Crippen LogP contribution in [0.25, 0.3) is 0 Å². The number of rotatable bonds is 6. The van der Waals surface area contributed by atoms with Crippen LogP contribution in [-0.4, -0.2) is 30.0 Å². The van der Waals surface area contributed by atoms with E-state index in [4.69, 9.17) is 17.3 Å². The van der Waals surface area contributed by atoms with Crippen molar-refractivity contribution in [3.05, 3.63) is 28.8 Å². The summed E-state index contributed by atoms with van der Waals surface area (Å²) in [4.78, 5) is 23.1.